The van der Waals surface area contributed by atoms with E-state index in [0.29, 0.717) is 6.54 Å². The first-order valence-electron chi connectivity index (χ1n) is 4.79. The van der Waals surface area contributed by atoms with Crippen LogP contribution in [0.1, 0.15) is 19.4 Å². The van der Waals surface area contributed by atoms with Crippen molar-refractivity contribution in [2.24, 2.45) is 5.73 Å². The molecule has 2 N–H and O–H groups in total. The molecular formula is C12H17NO. The summed E-state index contributed by atoms with van der Waals surface area (Å²) in [5, 5.41) is 0. The van der Waals surface area contributed by atoms with Gasteiger partial charge in [0.25, 0.3) is 0 Å². The summed E-state index contributed by atoms with van der Waals surface area (Å²) in [6.45, 7) is 8.37. The monoisotopic (exact) mass is 191 g/mol. The standard InChI is InChI=1S/C12H17NO/c1-9(2)14-12-7-5-4-6-11(12)10(3)8-13/h4-7,9H,3,8,13H2,1-2H3. The number of benzene rings is 1. The van der Waals surface area contributed by atoms with E-state index in [1.165, 1.54) is 0 Å². The van der Waals surface area contributed by atoms with Crippen molar-refractivity contribution in [1.29, 1.82) is 0 Å². The van der Waals surface area contributed by atoms with Crippen molar-refractivity contribution in [2.45, 2.75) is 20.0 Å². The van der Waals surface area contributed by atoms with E-state index < -0.39 is 0 Å². The lowest BCUT2D eigenvalue weighted by Gasteiger charge is -2.14. The molecule has 0 aliphatic rings. The highest BCUT2D eigenvalue weighted by Crippen LogP contribution is 2.24. The van der Waals surface area contributed by atoms with Crippen LogP contribution in [0.25, 0.3) is 5.57 Å². The number of hydrogen-bond donors (Lipinski definition) is 1. The minimum atomic E-state index is 0.168. The molecule has 2 nitrogen and oxygen atoms in total. The zero-order valence-electron chi connectivity index (χ0n) is 8.79. The lowest BCUT2D eigenvalue weighted by Crippen LogP contribution is -2.09. The van der Waals surface area contributed by atoms with Crippen LogP contribution in [-0.4, -0.2) is 12.6 Å². The predicted octanol–water partition coefficient (Wildman–Crippen LogP) is 2.45. The van der Waals surface area contributed by atoms with Crippen molar-refractivity contribution < 1.29 is 4.74 Å². The van der Waals surface area contributed by atoms with Crippen LogP contribution in [0.15, 0.2) is 30.8 Å². The molecule has 1 rings (SSSR count). The summed E-state index contributed by atoms with van der Waals surface area (Å²) in [4.78, 5) is 0. The van der Waals surface area contributed by atoms with Crippen molar-refractivity contribution in [2.75, 3.05) is 6.54 Å². The molecule has 0 unspecified atom stereocenters. The Balaban J connectivity index is 2.97. The molecule has 0 aliphatic carbocycles. The quantitative estimate of drug-likeness (QED) is 0.793. The van der Waals surface area contributed by atoms with Crippen LogP contribution in [0.4, 0.5) is 0 Å². The molecule has 0 aliphatic heterocycles. The highest BCUT2D eigenvalue weighted by Gasteiger charge is 2.06. The molecule has 0 radical (unpaired) electrons. The third-order valence-electron chi connectivity index (χ3n) is 1.88. The smallest absolute Gasteiger partial charge is 0.127 e. The molecule has 0 saturated carbocycles. The molecule has 0 saturated heterocycles. The van der Waals surface area contributed by atoms with Gasteiger partial charge in [-0.1, -0.05) is 24.8 Å². The maximum Gasteiger partial charge on any atom is 0.127 e. The van der Waals surface area contributed by atoms with Gasteiger partial charge in [-0.3, -0.25) is 0 Å². The first-order valence-corrected chi connectivity index (χ1v) is 4.79. The summed E-state index contributed by atoms with van der Waals surface area (Å²) in [6, 6.07) is 7.83. The van der Waals surface area contributed by atoms with E-state index in [9.17, 15) is 0 Å². The van der Waals surface area contributed by atoms with Crippen molar-refractivity contribution >= 4 is 5.57 Å². The number of hydrogen-bond acceptors (Lipinski definition) is 2. The molecule has 0 bridgehead atoms. The third kappa shape index (κ3) is 2.60. The Labute approximate surface area is 85.4 Å². The molecule has 14 heavy (non-hydrogen) atoms. The van der Waals surface area contributed by atoms with E-state index in [4.69, 9.17) is 10.5 Å². The van der Waals surface area contributed by atoms with Crippen LogP contribution >= 0.6 is 0 Å². The Morgan fingerprint density at radius 3 is 2.64 bits per heavy atom. The van der Waals surface area contributed by atoms with Gasteiger partial charge in [-0.05, 0) is 25.5 Å². The minimum absolute atomic E-state index is 0.168. The zero-order chi connectivity index (χ0) is 10.6. The maximum atomic E-state index is 5.65. The second kappa shape index (κ2) is 4.82. The van der Waals surface area contributed by atoms with Crippen molar-refractivity contribution in [3.63, 3.8) is 0 Å². The van der Waals surface area contributed by atoms with Gasteiger partial charge in [0, 0.05) is 12.1 Å². The van der Waals surface area contributed by atoms with E-state index in [-0.39, 0.29) is 6.10 Å². The minimum Gasteiger partial charge on any atom is -0.490 e. The summed E-state index contributed by atoms with van der Waals surface area (Å²) in [6.07, 6.45) is 0.168. The Morgan fingerprint density at radius 1 is 1.43 bits per heavy atom. The van der Waals surface area contributed by atoms with Crippen LogP contribution in [0, 0.1) is 0 Å². The summed E-state index contributed by atoms with van der Waals surface area (Å²) in [7, 11) is 0. The zero-order valence-corrected chi connectivity index (χ0v) is 8.79. The molecule has 0 aromatic heterocycles. The predicted molar refractivity (Wildman–Crippen MR) is 60.3 cm³/mol. The van der Waals surface area contributed by atoms with Gasteiger partial charge in [-0.25, -0.2) is 0 Å². The lowest BCUT2D eigenvalue weighted by atomic mass is 10.1. The van der Waals surface area contributed by atoms with E-state index in [1.54, 1.807) is 0 Å². The van der Waals surface area contributed by atoms with Crippen molar-refractivity contribution in [3.05, 3.63) is 36.4 Å². The first kappa shape index (κ1) is 10.8. The second-order valence-electron chi connectivity index (χ2n) is 3.47. The Kier molecular flexibility index (Phi) is 3.72. The molecule has 0 heterocycles. The largest absolute Gasteiger partial charge is 0.490 e. The van der Waals surface area contributed by atoms with Crippen molar-refractivity contribution in [3.8, 4) is 5.75 Å². The van der Waals surface area contributed by atoms with Crippen molar-refractivity contribution in [1.82, 2.24) is 0 Å². The maximum absolute atomic E-state index is 5.65. The third-order valence-corrected chi connectivity index (χ3v) is 1.88. The second-order valence-corrected chi connectivity index (χ2v) is 3.47. The fourth-order valence-corrected chi connectivity index (χ4v) is 1.23. The first-order chi connectivity index (χ1) is 6.65. The Morgan fingerprint density at radius 2 is 2.07 bits per heavy atom. The molecule has 0 fully saturated rings. The van der Waals surface area contributed by atoms with Gasteiger partial charge >= 0.3 is 0 Å². The fraction of sp³-hybridized carbons (Fsp3) is 0.333. The average molecular weight is 191 g/mol. The summed E-state index contributed by atoms with van der Waals surface area (Å²) in [5.41, 5.74) is 7.46. The molecule has 0 amide bonds. The topological polar surface area (TPSA) is 35.2 Å². The number of nitrogens with two attached hydrogens (primary N) is 1. The van der Waals surface area contributed by atoms with Crippen LogP contribution in [0.2, 0.25) is 0 Å². The number of rotatable bonds is 4. The van der Waals surface area contributed by atoms with Crippen LogP contribution in [0.5, 0.6) is 5.75 Å². The van der Waals surface area contributed by atoms with Gasteiger partial charge < -0.3 is 10.5 Å². The van der Waals surface area contributed by atoms with Crippen LogP contribution in [0.3, 0.4) is 0 Å². The van der Waals surface area contributed by atoms with Gasteiger partial charge in [-0.15, -0.1) is 0 Å². The van der Waals surface area contributed by atoms with Gasteiger partial charge in [0.05, 0.1) is 6.10 Å². The molecular weight excluding hydrogens is 174 g/mol. The highest BCUT2D eigenvalue weighted by atomic mass is 16.5. The number of para-hydroxylation sites is 1. The van der Waals surface area contributed by atoms with E-state index in [1.807, 2.05) is 38.1 Å². The summed E-state index contributed by atoms with van der Waals surface area (Å²) in [5.74, 6) is 0.859. The SMILES string of the molecule is C=C(CN)c1ccccc1OC(C)C. The van der Waals surface area contributed by atoms with Crippen LogP contribution in [-0.2, 0) is 0 Å². The molecule has 1 aromatic rings. The molecule has 0 atom stereocenters. The van der Waals surface area contributed by atoms with Gasteiger partial charge in [0.2, 0.25) is 0 Å². The number of ether oxygens (including phenoxy) is 1. The van der Waals surface area contributed by atoms with Gasteiger partial charge in [-0.2, -0.15) is 0 Å². The van der Waals surface area contributed by atoms with E-state index in [0.717, 1.165) is 16.9 Å². The Hall–Kier alpha value is -1.28. The lowest BCUT2D eigenvalue weighted by molar-refractivity contribution is 0.241. The summed E-state index contributed by atoms with van der Waals surface area (Å²) >= 11 is 0. The van der Waals surface area contributed by atoms with Gasteiger partial charge in [0.15, 0.2) is 0 Å². The molecule has 2 heteroatoms. The average Bonchev–Trinajstić information content (AvgIpc) is 2.16. The fourth-order valence-electron chi connectivity index (χ4n) is 1.23. The van der Waals surface area contributed by atoms with E-state index in [2.05, 4.69) is 6.58 Å². The highest BCUT2D eigenvalue weighted by molar-refractivity contribution is 5.69. The molecule has 0 spiro atoms. The normalized spacial score (nSPS) is 10.3. The van der Waals surface area contributed by atoms with Gasteiger partial charge in [0.1, 0.15) is 5.75 Å². The molecule has 76 valence electrons. The van der Waals surface area contributed by atoms with E-state index >= 15 is 0 Å². The van der Waals surface area contributed by atoms with Crippen LogP contribution < -0.4 is 10.5 Å². The molecule has 1 aromatic carbocycles. The Bertz CT molecular complexity index is 318. The summed E-state index contributed by atoms with van der Waals surface area (Å²) < 4.78 is 5.65.